The summed E-state index contributed by atoms with van der Waals surface area (Å²) in [7, 11) is 2.58. The molecule has 2 unspecified atom stereocenters. The first-order valence-corrected chi connectivity index (χ1v) is 36.4. The van der Waals surface area contributed by atoms with Crippen molar-refractivity contribution in [2.45, 2.75) is 80.8 Å². The molecule has 0 aliphatic carbocycles. The average molecular weight is 1810 g/mol. The maximum atomic E-state index is 12.5. The Morgan fingerprint density at radius 3 is 1.16 bits per heavy atom. The van der Waals surface area contributed by atoms with Crippen LogP contribution in [0, 0.1) is 0 Å². The Morgan fingerprint density at radius 1 is 0.539 bits per heavy atom. The van der Waals surface area contributed by atoms with Gasteiger partial charge in [0, 0.05) is 108 Å². The zero-order chi connectivity index (χ0) is 83.0. The third-order valence-electron chi connectivity index (χ3n) is 12.2. The maximum Gasteiger partial charge on any atom is 1.00 e. The SMILES string of the molecule is CC(=O)O[O-].CC(=O)[O-].CC(=O)[O-].CCOC(=O)C1=C(C)NC(c2nccs2)=NC1c1ccccc1Cl.CCOC(=O)CC(C)=O.COC(=O)C(=Cc1ccccc1Cl)C(C)=O.COC(=O)C1=C(C)NC(c2nccs2)=NC1c1ccccc1Cl.NC(=[NH2+])c1nccs1.NC(=[NH2+])c1nccs1.O=Cc1ccccc1Cl.[Cl-].[Cl-].[Na+].[Na+].[Na+]. The summed E-state index contributed by atoms with van der Waals surface area (Å²) in [6.45, 7) is 13.4. The summed E-state index contributed by atoms with van der Waals surface area (Å²) in [4.78, 5) is 134. The molecule has 4 aromatic heterocycles. The van der Waals surface area contributed by atoms with Gasteiger partial charge in [-0.25, -0.2) is 34.3 Å². The van der Waals surface area contributed by atoms with Gasteiger partial charge in [-0.05, 0) is 91.3 Å². The molecular weight excluding hydrogens is 1730 g/mol. The summed E-state index contributed by atoms with van der Waals surface area (Å²) in [5.41, 5.74) is 15.3. The number of benzene rings is 4. The Labute approximate surface area is 778 Å². The van der Waals surface area contributed by atoms with Gasteiger partial charge in [-0.2, -0.15) is 0 Å². The van der Waals surface area contributed by atoms with Gasteiger partial charge in [-0.15, -0.1) is 45.3 Å². The molecule has 2 aliphatic heterocycles. The molecule has 0 saturated carbocycles. The van der Waals surface area contributed by atoms with Gasteiger partial charge < -0.3 is 84.3 Å². The summed E-state index contributed by atoms with van der Waals surface area (Å²) in [6, 6.07) is 27.5. The molecule has 602 valence electrons. The van der Waals surface area contributed by atoms with Crippen molar-refractivity contribution in [3.8, 4) is 0 Å². The van der Waals surface area contributed by atoms with Crippen LogP contribution in [-0.2, 0) is 67.0 Å². The number of carbonyl (C=O) groups excluding carboxylic acids is 10. The Kier molecular flexibility index (Phi) is 66.1. The second kappa shape index (κ2) is 65.5. The normalized spacial score (nSPS) is 12.0. The van der Waals surface area contributed by atoms with E-state index in [0.717, 1.165) is 48.2 Å². The standard InChI is InChI=1S/C17H16ClN3O2S.C16H14ClN3O2S.C12H11ClO3.C7H5ClO.C6H10O3.2C4H5N3S.C2H4O3.2C2H4O2.2ClH.3Na/c1-3-23-17(22)13-10(2)20-15(16-19-8-9-24-16)21-14(13)11-6-4-5-7-12(11)18;1-9-12(16(21)22-2)13(10-5-3-4-6-11(10)17)20-14(19-9)15-18-7-8-23-15;1-8(14)10(12(15)16-2)7-9-5-3-4-6-11(9)13;8-7-4-2-1-3-6(7)5-9;1-3-9-6(8)4-5(2)7;2*5-3(6)4-7-1-2-8-4;1-2(3)5-4;2*1-2(3)4;;;;;/h4-9,14H,3H2,1-2H3,(H,20,21);3-8,13H,1-2H3,(H,19,20);3-7H,1-2H3;1-5H;3-4H2,1-2H3;2*1-2H,(H3,5,6);4H,1H3;2*1H3,(H,3,4);2*1H;;;/q;;;;;;;;;;;;3*+1/p-3. The molecule has 8 aromatic rings. The molecule has 10 N–H and O–H groups in total. The van der Waals surface area contributed by atoms with Crippen LogP contribution in [0.2, 0.25) is 20.1 Å². The largest absolute Gasteiger partial charge is 1.00 e. The van der Waals surface area contributed by atoms with Crippen LogP contribution < -0.4 is 162 Å². The van der Waals surface area contributed by atoms with Crippen molar-refractivity contribution >= 4 is 181 Å². The van der Waals surface area contributed by atoms with E-state index in [1.807, 2.05) is 71.8 Å². The smallest absolute Gasteiger partial charge is 1.00 e. The third-order valence-corrected chi connectivity index (χ3v) is 16.8. The zero-order valence-electron chi connectivity index (χ0n) is 64.5. The molecule has 10 rings (SSSR count). The number of esters is 4. The molecule has 30 nitrogen and oxygen atoms in total. The fraction of sp³-hybridized carbons (Fsp3) is 0.222. The van der Waals surface area contributed by atoms with Crippen LogP contribution in [0.1, 0.15) is 128 Å². The molecule has 0 radical (unpaired) electrons. The number of ketones is 2. The van der Waals surface area contributed by atoms with E-state index in [1.165, 1.54) is 79.5 Å². The van der Waals surface area contributed by atoms with E-state index < -0.39 is 53.9 Å². The number of rotatable bonds is 16. The molecular formula is C72H77Cl6N12Na3O18S4. The second-order valence-corrected chi connectivity index (χ2v) is 25.8. The van der Waals surface area contributed by atoms with Crippen LogP contribution >= 0.6 is 91.8 Å². The minimum Gasteiger partial charge on any atom is -1.00 e. The minimum atomic E-state index is -1.08. The summed E-state index contributed by atoms with van der Waals surface area (Å²) in [6.07, 6.45) is 8.82. The van der Waals surface area contributed by atoms with Crippen LogP contribution in [0.4, 0.5) is 0 Å². The molecule has 0 bridgehead atoms. The molecule has 0 saturated heterocycles. The number of aliphatic imine (C=N–C) groups is 2. The van der Waals surface area contributed by atoms with E-state index in [2.05, 4.69) is 49.9 Å². The van der Waals surface area contributed by atoms with E-state index in [9.17, 15) is 38.4 Å². The summed E-state index contributed by atoms with van der Waals surface area (Å²) in [5.74, 6) is -3.57. The van der Waals surface area contributed by atoms with Crippen molar-refractivity contribution in [3.05, 3.63) is 234 Å². The first-order valence-electron chi connectivity index (χ1n) is 31.4. The third kappa shape index (κ3) is 46.3. The Bertz CT molecular complexity index is 4490. The van der Waals surface area contributed by atoms with E-state index in [4.69, 9.17) is 108 Å². The number of carboxylic acid groups (broad SMARTS) is 2. The van der Waals surface area contributed by atoms with Crippen molar-refractivity contribution in [2.24, 2.45) is 21.5 Å². The van der Waals surface area contributed by atoms with Crippen LogP contribution in [-0.4, -0.2) is 130 Å². The number of Topliss-reactive ketones (excluding diaryl/α,β-unsaturated/α-hetero) is 2. The van der Waals surface area contributed by atoms with Gasteiger partial charge in [0.15, 0.2) is 33.8 Å². The number of allylic oxidation sites excluding steroid dienone is 2. The van der Waals surface area contributed by atoms with Gasteiger partial charge in [-0.1, -0.05) is 119 Å². The number of halogens is 6. The van der Waals surface area contributed by atoms with Crippen LogP contribution in [0.5, 0.6) is 0 Å². The molecule has 0 amide bonds. The fourth-order valence-electron chi connectivity index (χ4n) is 7.82. The minimum absolute atomic E-state index is 0. The predicted octanol–water partition coefficient (Wildman–Crippen LogP) is -9.20. The number of amidine groups is 4. The first-order chi connectivity index (χ1) is 52.1. The van der Waals surface area contributed by atoms with Gasteiger partial charge >= 0.3 is 113 Å². The zero-order valence-corrected chi connectivity index (χ0v) is 78.3. The fourth-order valence-corrected chi connectivity index (χ4v) is 10.9. The molecule has 115 heavy (non-hydrogen) atoms. The number of ether oxygens (including phenoxy) is 4. The Hall–Kier alpha value is -7.50. The molecule has 4 aromatic carbocycles. The van der Waals surface area contributed by atoms with Gasteiger partial charge in [-0.3, -0.25) is 56.2 Å². The predicted molar refractivity (Wildman–Crippen MR) is 415 cm³/mol. The number of methoxy groups -OCH3 is 2. The summed E-state index contributed by atoms with van der Waals surface area (Å²) >= 11 is 30.0. The molecule has 43 heteroatoms. The van der Waals surface area contributed by atoms with Crippen LogP contribution in [0.15, 0.2) is 181 Å². The molecule has 2 aliphatic rings. The number of carboxylic acids is 2. The number of nitrogens with one attached hydrogen (secondary N) is 2. The number of aromatic nitrogens is 4. The van der Waals surface area contributed by atoms with E-state index >= 15 is 0 Å². The van der Waals surface area contributed by atoms with E-state index in [0.29, 0.717) is 100 Å². The number of hydrogen-bond acceptors (Lipinski definition) is 30. The molecule has 0 spiro atoms. The van der Waals surface area contributed by atoms with E-state index in [1.54, 1.807) is 99.3 Å². The maximum absolute atomic E-state index is 12.5. The van der Waals surface area contributed by atoms with Crippen LogP contribution in [0.3, 0.4) is 0 Å². The number of nitrogens with two attached hydrogens (primary N) is 4. The summed E-state index contributed by atoms with van der Waals surface area (Å²) < 4.78 is 19.1. The van der Waals surface area contributed by atoms with Gasteiger partial charge in [0.25, 0.3) is 17.6 Å². The number of aldehydes is 1. The average Bonchev–Trinajstić information content (AvgIpc) is 1.67. The number of nitrogens with zero attached hydrogens (tertiary/aromatic N) is 6. The van der Waals surface area contributed by atoms with Crippen LogP contribution in [0.25, 0.3) is 6.08 Å². The first kappa shape index (κ1) is 116. The van der Waals surface area contributed by atoms with Crippen molar-refractivity contribution in [3.63, 3.8) is 0 Å². The van der Waals surface area contributed by atoms with Crippen molar-refractivity contribution in [1.82, 2.24) is 30.6 Å². The topological polar surface area (TPSA) is 490 Å². The molecule has 6 heterocycles. The Morgan fingerprint density at radius 2 is 0.887 bits per heavy atom. The monoisotopic (exact) mass is 1800 g/mol. The van der Waals surface area contributed by atoms with Gasteiger partial charge in [0.05, 0.1) is 43.6 Å². The van der Waals surface area contributed by atoms with Crippen molar-refractivity contribution in [1.29, 1.82) is 0 Å². The number of aliphatic carboxylic acids is 2. The Balaban J connectivity index is -0.000000410. The summed E-state index contributed by atoms with van der Waals surface area (Å²) in [5, 5.41) is 55.7. The molecule has 2 atom stereocenters. The van der Waals surface area contributed by atoms with Gasteiger partial charge in [0.1, 0.15) is 29.9 Å². The second-order valence-electron chi connectivity index (χ2n) is 20.6. The van der Waals surface area contributed by atoms with Crippen molar-refractivity contribution < 1.29 is 212 Å². The van der Waals surface area contributed by atoms with E-state index in [-0.39, 0.29) is 137 Å². The number of thiazole rings is 4. The van der Waals surface area contributed by atoms with Gasteiger partial charge in [0.2, 0.25) is 10.0 Å². The number of hydrogen-bond donors (Lipinski definition) is 6. The number of carbonyl (C=O) groups is 10. The van der Waals surface area contributed by atoms with Crippen molar-refractivity contribution in [2.75, 3.05) is 27.4 Å². The molecule has 0 fully saturated rings. The quantitative estimate of drug-likeness (QED) is 0.00447.